The maximum Gasteiger partial charge on any atom is 0.322 e. The molecule has 10 heteroatoms. The molecule has 2 heterocycles. The van der Waals surface area contributed by atoms with Crippen LogP contribution in [0.15, 0.2) is 42.5 Å². The van der Waals surface area contributed by atoms with Gasteiger partial charge in [0.1, 0.15) is 12.1 Å². The Balaban J connectivity index is 1.40. The molecule has 0 bridgehead atoms. The number of rotatable bonds is 7. The van der Waals surface area contributed by atoms with Crippen LogP contribution >= 0.6 is 23.2 Å². The first-order valence-corrected chi connectivity index (χ1v) is 15.2. The molecule has 0 spiro atoms. The third kappa shape index (κ3) is 6.81. The summed E-state index contributed by atoms with van der Waals surface area (Å²) >= 11 is 12.2. The SMILES string of the molecule is CC(C)C[C@H](NC(=O)[C@H]1Cc2c([nH]c3ccccc23)CN1C(=O)Nc1ccc(Cl)c(Cl)c1)C(=O)NC1CCCCC1. The Kier molecular flexibility index (Phi) is 9.09. The van der Waals surface area contributed by atoms with Crippen LogP contribution in [0.25, 0.3) is 10.9 Å². The van der Waals surface area contributed by atoms with E-state index in [0.29, 0.717) is 28.6 Å². The number of carbonyl (C=O) groups excluding carboxylic acids is 3. The van der Waals surface area contributed by atoms with Gasteiger partial charge in [-0.3, -0.25) is 9.59 Å². The lowest BCUT2D eigenvalue weighted by Crippen LogP contribution is -2.58. The molecule has 1 fully saturated rings. The van der Waals surface area contributed by atoms with Gasteiger partial charge in [0.15, 0.2) is 0 Å². The lowest BCUT2D eigenvalue weighted by Gasteiger charge is -2.36. The van der Waals surface area contributed by atoms with Gasteiger partial charge in [0, 0.05) is 34.7 Å². The fourth-order valence-electron chi connectivity index (χ4n) is 5.94. The van der Waals surface area contributed by atoms with Crippen molar-refractivity contribution in [2.75, 3.05) is 5.32 Å². The number of halogens is 2. The number of nitrogens with one attached hydrogen (secondary N) is 4. The molecule has 1 aromatic heterocycles. The zero-order valence-electron chi connectivity index (χ0n) is 23.4. The van der Waals surface area contributed by atoms with E-state index in [4.69, 9.17) is 23.2 Å². The fourth-order valence-corrected chi connectivity index (χ4v) is 6.24. The predicted molar refractivity (Wildman–Crippen MR) is 163 cm³/mol. The van der Waals surface area contributed by atoms with Crippen LogP contribution in [0.2, 0.25) is 10.0 Å². The number of urea groups is 1. The van der Waals surface area contributed by atoms with Crippen LogP contribution in [0.3, 0.4) is 0 Å². The Labute approximate surface area is 250 Å². The highest BCUT2D eigenvalue weighted by molar-refractivity contribution is 6.42. The number of hydrogen-bond acceptors (Lipinski definition) is 3. The number of carbonyl (C=O) groups is 3. The number of nitrogens with zero attached hydrogens (tertiary/aromatic N) is 1. The Hall–Kier alpha value is -3.23. The molecule has 1 saturated carbocycles. The van der Waals surface area contributed by atoms with Crippen LogP contribution in [-0.4, -0.2) is 45.9 Å². The Bertz CT molecular complexity index is 1430. The van der Waals surface area contributed by atoms with Crippen LogP contribution in [0, 0.1) is 5.92 Å². The van der Waals surface area contributed by atoms with E-state index in [0.717, 1.165) is 47.8 Å². The molecule has 0 radical (unpaired) electrons. The molecule has 3 aromatic rings. The highest BCUT2D eigenvalue weighted by Crippen LogP contribution is 2.32. The monoisotopic (exact) mass is 597 g/mol. The second-order valence-corrected chi connectivity index (χ2v) is 12.4. The van der Waals surface area contributed by atoms with Crippen molar-refractivity contribution in [2.24, 2.45) is 5.92 Å². The summed E-state index contributed by atoms with van der Waals surface area (Å²) in [6.45, 7) is 4.27. The van der Waals surface area contributed by atoms with Gasteiger partial charge in [-0.2, -0.15) is 0 Å². The van der Waals surface area contributed by atoms with Crippen molar-refractivity contribution in [3.8, 4) is 0 Å². The van der Waals surface area contributed by atoms with Gasteiger partial charge in [-0.15, -0.1) is 0 Å². The number of anilines is 1. The van der Waals surface area contributed by atoms with Crippen LogP contribution < -0.4 is 16.0 Å². The maximum atomic E-state index is 14.0. The number of benzene rings is 2. The van der Waals surface area contributed by atoms with E-state index in [-0.39, 0.29) is 30.3 Å². The molecule has 0 saturated heterocycles. The third-order valence-corrected chi connectivity index (χ3v) is 8.77. The summed E-state index contributed by atoms with van der Waals surface area (Å²) < 4.78 is 0. The first kappa shape index (κ1) is 29.3. The second-order valence-electron chi connectivity index (χ2n) is 11.6. The van der Waals surface area contributed by atoms with Gasteiger partial charge in [-0.05, 0) is 55.0 Å². The number of hydrogen-bond donors (Lipinski definition) is 4. The third-order valence-electron chi connectivity index (χ3n) is 8.03. The molecule has 41 heavy (non-hydrogen) atoms. The molecule has 218 valence electrons. The van der Waals surface area contributed by atoms with Gasteiger partial charge in [0.2, 0.25) is 11.8 Å². The van der Waals surface area contributed by atoms with E-state index in [1.54, 1.807) is 18.2 Å². The molecular weight excluding hydrogens is 561 g/mol. The van der Waals surface area contributed by atoms with E-state index in [1.165, 1.54) is 11.3 Å². The number of aromatic nitrogens is 1. The van der Waals surface area contributed by atoms with Crippen LogP contribution in [0.5, 0.6) is 0 Å². The van der Waals surface area contributed by atoms with Crippen molar-refractivity contribution < 1.29 is 14.4 Å². The summed E-state index contributed by atoms with van der Waals surface area (Å²) in [7, 11) is 0. The quantitative estimate of drug-likeness (QED) is 0.252. The van der Waals surface area contributed by atoms with Crippen molar-refractivity contribution in [1.82, 2.24) is 20.5 Å². The number of fused-ring (bicyclic) bond motifs is 3. The van der Waals surface area contributed by atoms with E-state index in [2.05, 4.69) is 20.9 Å². The van der Waals surface area contributed by atoms with Gasteiger partial charge in [-0.1, -0.05) is 74.5 Å². The van der Waals surface area contributed by atoms with Crippen LogP contribution in [0.4, 0.5) is 10.5 Å². The zero-order chi connectivity index (χ0) is 29.1. The van der Waals surface area contributed by atoms with Gasteiger partial charge in [0.05, 0.1) is 16.6 Å². The largest absolute Gasteiger partial charge is 0.357 e. The Morgan fingerprint density at radius 1 is 1.02 bits per heavy atom. The molecule has 0 unspecified atom stereocenters. The molecule has 4 amide bonds. The van der Waals surface area contributed by atoms with Crippen LogP contribution in [-0.2, 0) is 22.6 Å². The van der Waals surface area contributed by atoms with Gasteiger partial charge in [-0.25, -0.2) is 4.79 Å². The molecule has 2 aromatic carbocycles. The molecule has 1 aliphatic heterocycles. The molecule has 4 N–H and O–H groups in total. The highest BCUT2D eigenvalue weighted by atomic mass is 35.5. The summed E-state index contributed by atoms with van der Waals surface area (Å²) in [5.74, 6) is -0.318. The predicted octanol–water partition coefficient (Wildman–Crippen LogP) is 6.41. The summed E-state index contributed by atoms with van der Waals surface area (Å²) in [6.07, 6.45) is 6.14. The summed E-state index contributed by atoms with van der Waals surface area (Å²) in [5, 5.41) is 10.8. The topological polar surface area (TPSA) is 106 Å². The van der Waals surface area contributed by atoms with E-state index < -0.39 is 18.1 Å². The molecule has 5 rings (SSSR count). The Morgan fingerprint density at radius 2 is 1.78 bits per heavy atom. The number of H-pyrrole nitrogens is 1. The van der Waals surface area contributed by atoms with E-state index in [1.807, 2.05) is 38.1 Å². The number of amides is 4. The van der Waals surface area contributed by atoms with Crippen molar-refractivity contribution in [3.05, 3.63) is 63.8 Å². The molecule has 2 aliphatic rings. The lowest BCUT2D eigenvalue weighted by molar-refractivity contribution is -0.132. The molecular formula is C31H37Cl2N5O3. The minimum Gasteiger partial charge on any atom is -0.357 e. The number of aromatic amines is 1. The molecule has 2 atom stereocenters. The highest BCUT2D eigenvalue weighted by Gasteiger charge is 2.38. The van der Waals surface area contributed by atoms with Gasteiger partial charge < -0.3 is 25.8 Å². The molecule has 8 nitrogen and oxygen atoms in total. The smallest absolute Gasteiger partial charge is 0.322 e. The average Bonchev–Trinajstić information content (AvgIpc) is 3.32. The van der Waals surface area contributed by atoms with Crippen molar-refractivity contribution in [3.63, 3.8) is 0 Å². The number of para-hydroxylation sites is 1. The van der Waals surface area contributed by atoms with Crippen molar-refractivity contribution in [1.29, 1.82) is 0 Å². The molecule has 1 aliphatic carbocycles. The van der Waals surface area contributed by atoms with Crippen LogP contribution in [0.1, 0.15) is 63.6 Å². The lowest BCUT2D eigenvalue weighted by atomic mass is 9.94. The first-order valence-electron chi connectivity index (χ1n) is 14.4. The summed E-state index contributed by atoms with van der Waals surface area (Å²) in [6, 6.07) is 10.9. The minimum atomic E-state index is -0.818. The Morgan fingerprint density at radius 3 is 2.51 bits per heavy atom. The van der Waals surface area contributed by atoms with Gasteiger partial charge >= 0.3 is 6.03 Å². The maximum absolute atomic E-state index is 14.0. The van der Waals surface area contributed by atoms with Crippen molar-refractivity contribution >= 4 is 57.6 Å². The van der Waals surface area contributed by atoms with Crippen molar-refractivity contribution in [2.45, 2.75) is 83.5 Å². The first-order chi connectivity index (χ1) is 19.7. The van der Waals surface area contributed by atoms with E-state index in [9.17, 15) is 14.4 Å². The van der Waals surface area contributed by atoms with E-state index >= 15 is 0 Å². The second kappa shape index (κ2) is 12.7. The summed E-state index contributed by atoms with van der Waals surface area (Å²) in [4.78, 5) is 45.9. The average molecular weight is 599 g/mol. The summed E-state index contributed by atoms with van der Waals surface area (Å²) in [5.41, 5.74) is 3.31. The zero-order valence-corrected chi connectivity index (χ0v) is 24.9. The fraction of sp³-hybridized carbons (Fsp3) is 0.452. The standard InChI is InChI=1S/C31H37Cl2N5O3/c1-18(2)14-26(29(39)34-19-8-4-3-5-9-19)37-30(40)28-16-22-21-10-6-7-11-25(21)36-27(22)17-38(28)31(41)35-20-12-13-23(32)24(33)15-20/h6-7,10-13,15,18-19,26,28,36H,3-5,8-9,14,16-17H2,1-2H3,(H,34,39)(H,35,41)(H,37,40)/t26-,28+/m0/s1. The normalized spacial score (nSPS) is 18.2. The minimum absolute atomic E-state index is 0.139. The van der Waals surface area contributed by atoms with Gasteiger partial charge in [0.25, 0.3) is 0 Å².